The third kappa shape index (κ3) is 6.35. The van der Waals surface area contributed by atoms with Crippen LogP contribution in [0.4, 0.5) is 17.1 Å². The van der Waals surface area contributed by atoms with E-state index in [4.69, 9.17) is 0 Å². The normalized spacial score (nSPS) is 11.3. The Morgan fingerprint density at radius 1 is 0.500 bits per heavy atom. The molecule has 5 aromatic rings. The zero-order valence-electron chi connectivity index (χ0n) is 22.0. The Labute approximate surface area is 226 Å². The van der Waals surface area contributed by atoms with Gasteiger partial charge in [-0.2, -0.15) is 0 Å². The van der Waals surface area contributed by atoms with E-state index in [2.05, 4.69) is 164 Å². The second-order valence-electron chi connectivity index (χ2n) is 9.41. The van der Waals surface area contributed by atoms with Crippen molar-refractivity contribution in [2.75, 3.05) is 4.90 Å². The molecule has 0 aliphatic rings. The van der Waals surface area contributed by atoms with Crippen molar-refractivity contribution < 1.29 is 4.57 Å². The van der Waals surface area contributed by atoms with Crippen molar-refractivity contribution in [3.8, 4) is 0 Å². The van der Waals surface area contributed by atoms with Crippen LogP contribution in [0.25, 0.3) is 24.3 Å². The molecule has 0 amide bonds. The summed E-state index contributed by atoms with van der Waals surface area (Å²) >= 11 is 0. The molecule has 1 heterocycles. The molecule has 0 saturated heterocycles. The van der Waals surface area contributed by atoms with Gasteiger partial charge >= 0.3 is 0 Å². The molecule has 5 rings (SSSR count). The van der Waals surface area contributed by atoms with Gasteiger partial charge in [0.1, 0.15) is 7.05 Å². The zero-order valence-corrected chi connectivity index (χ0v) is 22.0. The number of rotatable bonds is 8. The van der Waals surface area contributed by atoms with Gasteiger partial charge in [0.25, 0.3) is 0 Å². The Balaban J connectivity index is 1.37. The minimum atomic E-state index is 1.07. The lowest BCUT2D eigenvalue weighted by Crippen LogP contribution is -2.25. The molecule has 0 saturated carbocycles. The number of pyridine rings is 1. The summed E-state index contributed by atoms with van der Waals surface area (Å²) < 4.78 is 2.04. The van der Waals surface area contributed by atoms with Crippen molar-refractivity contribution in [1.82, 2.24) is 0 Å². The van der Waals surface area contributed by atoms with Gasteiger partial charge in [0.05, 0.1) is 0 Å². The largest absolute Gasteiger partial charge is 0.311 e. The number of hydrogen-bond donors (Lipinski definition) is 0. The Morgan fingerprint density at radius 2 is 0.895 bits per heavy atom. The Kier molecular flexibility index (Phi) is 7.91. The van der Waals surface area contributed by atoms with Gasteiger partial charge in [-0.15, -0.1) is 0 Å². The van der Waals surface area contributed by atoms with E-state index in [1.165, 1.54) is 27.8 Å². The molecule has 0 aliphatic carbocycles. The summed E-state index contributed by atoms with van der Waals surface area (Å²) in [7, 11) is 2.03. The molecule has 0 atom stereocenters. The summed E-state index contributed by atoms with van der Waals surface area (Å²) in [6, 6.07) is 41.0. The Bertz CT molecular complexity index is 1490. The highest BCUT2D eigenvalue weighted by Gasteiger charge is 2.11. The van der Waals surface area contributed by atoms with Crippen LogP contribution in [0.3, 0.4) is 0 Å². The van der Waals surface area contributed by atoms with Gasteiger partial charge < -0.3 is 4.90 Å². The number of nitrogens with zero attached hydrogens (tertiary/aromatic N) is 2. The second-order valence-corrected chi connectivity index (χ2v) is 9.41. The van der Waals surface area contributed by atoms with Crippen molar-refractivity contribution in [2.45, 2.75) is 13.3 Å². The lowest BCUT2D eigenvalue weighted by atomic mass is 10.1. The van der Waals surface area contributed by atoms with Crippen molar-refractivity contribution >= 4 is 41.4 Å². The van der Waals surface area contributed by atoms with Crippen LogP contribution in [0.1, 0.15) is 34.7 Å². The molecular formula is C36H33N2+. The minimum absolute atomic E-state index is 1.07. The monoisotopic (exact) mass is 493 g/mol. The first-order chi connectivity index (χ1) is 18.7. The van der Waals surface area contributed by atoms with E-state index >= 15 is 0 Å². The highest BCUT2D eigenvalue weighted by Crippen LogP contribution is 2.34. The average molecular weight is 494 g/mol. The van der Waals surface area contributed by atoms with Crippen molar-refractivity contribution in [1.29, 1.82) is 0 Å². The van der Waals surface area contributed by atoms with E-state index in [0.29, 0.717) is 0 Å². The number of hydrogen-bond acceptors (Lipinski definition) is 1. The summed E-state index contributed by atoms with van der Waals surface area (Å²) in [5.74, 6) is 0. The first-order valence-corrected chi connectivity index (χ1v) is 13.1. The highest BCUT2D eigenvalue weighted by molar-refractivity contribution is 5.79. The number of para-hydroxylation sites is 1. The average Bonchev–Trinajstić information content (AvgIpc) is 2.98. The summed E-state index contributed by atoms with van der Waals surface area (Å²) in [5.41, 5.74) is 9.49. The molecule has 0 bridgehead atoms. The van der Waals surface area contributed by atoms with Gasteiger partial charge in [-0.25, -0.2) is 4.57 Å². The maximum atomic E-state index is 2.29. The van der Waals surface area contributed by atoms with Crippen LogP contribution < -0.4 is 9.47 Å². The maximum absolute atomic E-state index is 2.29. The van der Waals surface area contributed by atoms with Crippen molar-refractivity contribution in [3.05, 3.63) is 155 Å². The van der Waals surface area contributed by atoms with Crippen LogP contribution in [0.15, 0.2) is 128 Å². The molecule has 0 unspecified atom stereocenters. The predicted molar refractivity (Wildman–Crippen MR) is 162 cm³/mol. The fourth-order valence-electron chi connectivity index (χ4n) is 4.37. The molecule has 0 aliphatic heterocycles. The number of aromatic nitrogens is 1. The molecular weight excluding hydrogens is 460 g/mol. The standard InChI is InChI=1S/C36H33N2/c1-3-29-9-11-30(12-10-29)13-14-31-17-21-35(22-18-31)38(34-7-5-4-6-8-34)36-23-19-32(20-24-36)15-16-33-25-27-37(2)28-26-33/h4-28H,3H2,1-2H3/q+1. The first kappa shape index (κ1) is 25.0. The molecule has 4 aromatic carbocycles. The van der Waals surface area contributed by atoms with E-state index in [9.17, 15) is 0 Å². The van der Waals surface area contributed by atoms with Crippen LogP contribution >= 0.6 is 0 Å². The Morgan fingerprint density at radius 3 is 1.34 bits per heavy atom. The van der Waals surface area contributed by atoms with E-state index in [1.807, 2.05) is 11.6 Å². The van der Waals surface area contributed by atoms with Crippen LogP contribution in [-0.4, -0.2) is 0 Å². The minimum Gasteiger partial charge on any atom is -0.311 e. The number of aryl methyl sites for hydroxylation is 2. The number of anilines is 3. The first-order valence-electron chi connectivity index (χ1n) is 13.1. The SMILES string of the molecule is CCc1ccc(C=Cc2ccc(N(c3ccccc3)c3ccc(C=Cc4cc[n+](C)cc4)cc3)cc2)cc1. The van der Waals surface area contributed by atoms with Gasteiger partial charge in [0, 0.05) is 29.2 Å². The lowest BCUT2D eigenvalue weighted by Gasteiger charge is -2.25. The van der Waals surface area contributed by atoms with Crippen molar-refractivity contribution in [3.63, 3.8) is 0 Å². The summed E-state index contributed by atoms with van der Waals surface area (Å²) in [4.78, 5) is 2.29. The maximum Gasteiger partial charge on any atom is 0.169 e. The molecule has 2 heteroatoms. The van der Waals surface area contributed by atoms with Crippen LogP contribution in [0.5, 0.6) is 0 Å². The smallest absolute Gasteiger partial charge is 0.169 e. The molecule has 2 nitrogen and oxygen atoms in total. The fraction of sp³-hybridized carbons (Fsp3) is 0.0833. The van der Waals surface area contributed by atoms with Crippen LogP contribution in [-0.2, 0) is 13.5 Å². The lowest BCUT2D eigenvalue weighted by molar-refractivity contribution is -0.671. The van der Waals surface area contributed by atoms with Crippen LogP contribution in [0, 0.1) is 0 Å². The second kappa shape index (κ2) is 12.0. The van der Waals surface area contributed by atoms with Crippen molar-refractivity contribution in [2.24, 2.45) is 7.05 Å². The molecule has 1 aromatic heterocycles. The van der Waals surface area contributed by atoms with Gasteiger partial charge in [0.15, 0.2) is 12.4 Å². The topological polar surface area (TPSA) is 7.12 Å². The van der Waals surface area contributed by atoms with Gasteiger partial charge in [-0.3, -0.25) is 0 Å². The van der Waals surface area contributed by atoms with Gasteiger partial charge in [-0.05, 0) is 70.6 Å². The summed E-state index contributed by atoms with van der Waals surface area (Å²) in [6.45, 7) is 2.18. The molecule has 0 spiro atoms. The van der Waals surface area contributed by atoms with Crippen LogP contribution in [0.2, 0.25) is 0 Å². The molecule has 0 N–H and O–H groups in total. The van der Waals surface area contributed by atoms with E-state index in [-0.39, 0.29) is 0 Å². The van der Waals surface area contributed by atoms with Gasteiger partial charge in [-0.1, -0.05) is 98.0 Å². The molecule has 186 valence electrons. The molecule has 38 heavy (non-hydrogen) atoms. The molecule has 0 fully saturated rings. The quantitative estimate of drug-likeness (QED) is 0.155. The zero-order chi connectivity index (χ0) is 26.2. The summed E-state index contributed by atoms with van der Waals surface area (Å²) in [5, 5.41) is 0. The third-order valence-electron chi connectivity index (χ3n) is 6.65. The van der Waals surface area contributed by atoms with Gasteiger partial charge in [0.2, 0.25) is 0 Å². The molecule has 0 radical (unpaired) electrons. The Hall–Kier alpha value is -4.69. The van der Waals surface area contributed by atoms with E-state index in [1.54, 1.807) is 0 Å². The fourth-order valence-corrected chi connectivity index (χ4v) is 4.37. The predicted octanol–water partition coefficient (Wildman–Crippen LogP) is 8.88. The van der Waals surface area contributed by atoms with E-state index < -0.39 is 0 Å². The number of benzene rings is 4. The highest BCUT2D eigenvalue weighted by atomic mass is 15.1. The third-order valence-corrected chi connectivity index (χ3v) is 6.65. The van der Waals surface area contributed by atoms with E-state index in [0.717, 1.165) is 23.5 Å². The summed E-state index contributed by atoms with van der Waals surface area (Å²) in [6.07, 6.45) is 13.8.